The van der Waals surface area contributed by atoms with Gasteiger partial charge in [0.15, 0.2) is 17.3 Å². The average molecular weight is 478 g/mol. The summed E-state index contributed by atoms with van der Waals surface area (Å²) in [6.45, 7) is 3.43. The number of ether oxygens (including phenoxy) is 1. The number of carbonyl (C=O) groups excluding carboxylic acids is 1. The molecule has 3 N–H and O–H groups in total. The Kier molecular flexibility index (Phi) is 6.50. The van der Waals surface area contributed by atoms with E-state index < -0.39 is 23.1 Å². The molecule has 9 nitrogen and oxygen atoms in total. The van der Waals surface area contributed by atoms with Crippen molar-refractivity contribution in [2.75, 3.05) is 7.11 Å². The van der Waals surface area contributed by atoms with Crippen molar-refractivity contribution in [3.05, 3.63) is 81.7 Å². The van der Waals surface area contributed by atoms with E-state index in [9.17, 15) is 19.8 Å². The van der Waals surface area contributed by atoms with Crippen LogP contribution >= 0.6 is 0 Å². The van der Waals surface area contributed by atoms with Crippen molar-refractivity contribution in [3.63, 3.8) is 0 Å². The van der Waals surface area contributed by atoms with E-state index in [1.807, 2.05) is 42.8 Å². The third-order valence-electron chi connectivity index (χ3n) is 5.97. The summed E-state index contributed by atoms with van der Waals surface area (Å²) in [4.78, 5) is 30.1. The van der Waals surface area contributed by atoms with Crippen LogP contribution in [0.3, 0.4) is 0 Å². The molecule has 0 aliphatic rings. The summed E-state index contributed by atoms with van der Waals surface area (Å²) >= 11 is 0. The predicted octanol–water partition coefficient (Wildman–Crippen LogP) is 3.65. The number of para-hydroxylation sites is 2. The first-order valence-corrected chi connectivity index (χ1v) is 11.1. The summed E-state index contributed by atoms with van der Waals surface area (Å²) in [7, 11) is 3.29. The molecule has 9 heteroatoms. The fourth-order valence-electron chi connectivity index (χ4n) is 4.24. The number of imidazole rings is 1. The van der Waals surface area contributed by atoms with Crippen LogP contribution in [0.1, 0.15) is 48.2 Å². The van der Waals surface area contributed by atoms with Crippen LogP contribution < -0.4 is 15.5 Å². The molecule has 0 spiro atoms. The van der Waals surface area contributed by atoms with Gasteiger partial charge in [0.1, 0.15) is 11.6 Å². The smallest absolute Gasteiger partial charge is 0.227 e. The lowest BCUT2D eigenvalue weighted by molar-refractivity contribution is -0.122. The van der Waals surface area contributed by atoms with E-state index in [4.69, 9.17) is 9.15 Å². The quantitative estimate of drug-likeness (QED) is 0.371. The van der Waals surface area contributed by atoms with Crippen LogP contribution in [0.2, 0.25) is 0 Å². The zero-order chi connectivity index (χ0) is 25.3. The summed E-state index contributed by atoms with van der Waals surface area (Å²) in [6.07, 6.45) is -0.137. The molecule has 4 aromatic rings. The fraction of sp³-hybridized carbons (Fsp3) is 0.269. The predicted molar refractivity (Wildman–Crippen MR) is 130 cm³/mol. The number of aryl methyl sites for hydroxylation is 2. The van der Waals surface area contributed by atoms with Crippen molar-refractivity contribution in [1.29, 1.82) is 0 Å². The third kappa shape index (κ3) is 4.70. The van der Waals surface area contributed by atoms with Crippen molar-refractivity contribution >= 4 is 16.9 Å². The number of phenols is 1. The van der Waals surface area contributed by atoms with Gasteiger partial charge in [-0.25, -0.2) is 4.98 Å². The maximum absolute atomic E-state index is 13.2. The van der Waals surface area contributed by atoms with E-state index >= 15 is 0 Å². The second kappa shape index (κ2) is 9.54. The van der Waals surface area contributed by atoms with Gasteiger partial charge in [-0.15, -0.1) is 0 Å². The number of carbonyl (C=O) groups is 1. The molecular weight excluding hydrogens is 450 g/mol. The molecule has 4 rings (SSSR count). The topological polar surface area (TPSA) is 127 Å². The minimum Gasteiger partial charge on any atom is -0.504 e. The number of rotatable bonds is 7. The van der Waals surface area contributed by atoms with Crippen LogP contribution in [0.5, 0.6) is 17.2 Å². The monoisotopic (exact) mass is 477 g/mol. The number of fused-ring (bicyclic) bond motifs is 1. The summed E-state index contributed by atoms with van der Waals surface area (Å²) in [5, 5.41) is 23.5. The van der Waals surface area contributed by atoms with Gasteiger partial charge in [-0.1, -0.05) is 18.2 Å². The van der Waals surface area contributed by atoms with Crippen molar-refractivity contribution in [1.82, 2.24) is 14.9 Å². The highest BCUT2D eigenvalue weighted by molar-refractivity contribution is 5.79. The maximum Gasteiger partial charge on any atom is 0.227 e. The molecule has 0 saturated heterocycles. The normalized spacial score (nSPS) is 12.9. The highest BCUT2D eigenvalue weighted by atomic mass is 16.5. The summed E-state index contributed by atoms with van der Waals surface area (Å²) in [5.41, 5.74) is 1.69. The van der Waals surface area contributed by atoms with Gasteiger partial charge < -0.3 is 29.3 Å². The first kappa shape index (κ1) is 23.9. The Morgan fingerprint density at radius 1 is 1.20 bits per heavy atom. The Hall–Kier alpha value is -4.27. The van der Waals surface area contributed by atoms with Crippen LogP contribution in [0.25, 0.3) is 11.0 Å². The van der Waals surface area contributed by atoms with E-state index in [-0.39, 0.29) is 29.6 Å². The SMILES string of the molecule is COc1cc([C@@H](CC(=O)N[C@@H](C)c2nc3ccccc3n2C)c2oc(C)cc(=O)c2O)ccc1O. The maximum atomic E-state index is 13.2. The Morgan fingerprint density at radius 2 is 1.94 bits per heavy atom. The molecule has 2 aromatic carbocycles. The van der Waals surface area contributed by atoms with Crippen LogP contribution in [0, 0.1) is 6.92 Å². The Balaban J connectivity index is 1.67. The molecule has 0 aliphatic carbocycles. The summed E-state index contributed by atoms with van der Waals surface area (Å²) < 4.78 is 12.8. The Morgan fingerprint density at radius 3 is 2.66 bits per heavy atom. The number of nitrogens with zero attached hydrogens (tertiary/aromatic N) is 2. The lowest BCUT2D eigenvalue weighted by Crippen LogP contribution is -2.30. The van der Waals surface area contributed by atoms with E-state index in [0.717, 1.165) is 11.0 Å². The first-order chi connectivity index (χ1) is 16.7. The molecule has 0 saturated carbocycles. The molecule has 2 aromatic heterocycles. The number of methoxy groups -OCH3 is 1. The van der Waals surface area contributed by atoms with E-state index in [0.29, 0.717) is 17.1 Å². The van der Waals surface area contributed by atoms with Gasteiger partial charge in [-0.3, -0.25) is 9.59 Å². The number of aromatic hydroxyl groups is 2. The fourth-order valence-corrected chi connectivity index (χ4v) is 4.24. The lowest BCUT2D eigenvalue weighted by atomic mass is 9.91. The van der Waals surface area contributed by atoms with E-state index in [1.54, 1.807) is 19.1 Å². The second-order valence-corrected chi connectivity index (χ2v) is 8.43. The molecule has 2 heterocycles. The van der Waals surface area contributed by atoms with Gasteiger partial charge in [-0.2, -0.15) is 0 Å². The van der Waals surface area contributed by atoms with Crippen molar-refractivity contribution < 1.29 is 24.2 Å². The minimum atomic E-state index is -0.815. The van der Waals surface area contributed by atoms with Gasteiger partial charge in [-0.05, 0) is 43.7 Å². The van der Waals surface area contributed by atoms with Gasteiger partial charge in [0.05, 0.1) is 30.1 Å². The highest BCUT2D eigenvalue weighted by Crippen LogP contribution is 2.37. The average Bonchev–Trinajstić information content (AvgIpc) is 3.17. The van der Waals surface area contributed by atoms with Gasteiger partial charge >= 0.3 is 0 Å². The van der Waals surface area contributed by atoms with Crippen molar-refractivity contribution in [2.24, 2.45) is 7.05 Å². The molecule has 0 fully saturated rings. The number of hydrogen-bond donors (Lipinski definition) is 3. The van der Waals surface area contributed by atoms with Gasteiger partial charge in [0.25, 0.3) is 0 Å². The zero-order valence-corrected chi connectivity index (χ0v) is 19.9. The standard InChI is InChI=1S/C26H27N3O6/c1-14-11-21(31)24(33)25(35-14)17(16-9-10-20(30)22(12-16)34-4)13-23(32)27-15(2)26-28-18-7-5-6-8-19(18)29(26)3/h5-12,15,17,30,33H,13H2,1-4H3,(H,27,32)/t15-,17+/m0/s1. The van der Waals surface area contributed by atoms with E-state index in [2.05, 4.69) is 10.3 Å². The summed E-state index contributed by atoms with van der Waals surface area (Å²) in [5.74, 6) is -0.660. The van der Waals surface area contributed by atoms with Crippen LogP contribution in [0.15, 0.2) is 57.7 Å². The van der Waals surface area contributed by atoms with Gasteiger partial charge in [0, 0.05) is 19.5 Å². The highest BCUT2D eigenvalue weighted by Gasteiger charge is 2.28. The number of phenolic OH excluding ortho intramolecular Hbond substituents is 1. The van der Waals surface area contributed by atoms with E-state index in [1.165, 1.54) is 19.2 Å². The number of nitrogens with one attached hydrogen (secondary N) is 1. The first-order valence-electron chi connectivity index (χ1n) is 11.1. The molecule has 1 amide bonds. The number of amides is 1. The van der Waals surface area contributed by atoms with Gasteiger partial charge in [0.2, 0.25) is 17.1 Å². The molecule has 0 radical (unpaired) electrons. The Bertz CT molecular complexity index is 1460. The van der Waals surface area contributed by atoms with Crippen LogP contribution in [-0.4, -0.2) is 32.8 Å². The number of aromatic nitrogens is 2. The second-order valence-electron chi connectivity index (χ2n) is 8.43. The van der Waals surface area contributed by atoms with Crippen LogP contribution in [0.4, 0.5) is 0 Å². The molecule has 182 valence electrons. The summed E-state index contributed by atoms with van der Waals surface area (Å²) in [6, 6.07) is 13.0. The van der Waals surface area contributed by atoms with Crippen LogP contribution in [-0.2, 0) is 11.8 Å². The number of hydrogen-bond acceptors (Lipinski definition) is 7. The lowest BCUT2D eigenvalue weighted by Gasteiger charge is -2.20. The van der Waals surface area contributed by atoms with Crippen molar-refractivity contribution in [2.45, 2.75) is 32.2 Å². The minimum absolute atomic E-state index is 0.0340. The molecular formula is C26H27N3O6. The molecule has 35 heavy (non-hydrogen) atoms. The Labute approximate surface area is 201 Å². The molecule has 2 atom stereocenters. The molecule has 0 aliphatic heterocycles. The molecule has 0 unspecified atom stereocenters. The van der Waals surface area contributed by atoms with Crippen molar-refractivity contribution in [3.8, 4) is 17.2 Å². The molecule has 0 bridgehead atoms. The zero-order valence-electron chi connectivity index (χ0n) is 19.9. The number of benzene rings is 2. The largest absolute Gasteiger partial charge is 0.504 e. The third-order valence-corrected chi connectivity index (χ3v) is 5.97.